The van der Waals surface area contributed by atoms with E-state index in [1.165, 1.54) is 10.9 Å². The summed E-state index contributed by atoms with van der Waals surface area (Å²) in [5, 5.41) is 11.6. The number of pyridine rings is 1. The average Bonchev–Trinajstić information content (AvgIpc) is 2.79. The summed E-state index contributed by atoms with van der Waals surface area (Å²) in [7, 11) is 0. The maximum atomic E-state index is 9.24. The Morgan fingerprint density at radius 2 is 2.11 bits per heavy atom. The van der Waals surface area contributed by atoms with Gasteiger partial charge in [-0.05, 0) is 49.1 Å². The second-order valence-corrected chi connectivity index (χ2v) is 4.96. The standard InChI is InChI=1S/C16H15N3/c1-4-11-6-12(7-17)10(3)15-14(11)13-5-9(2)8-18-16(13)19-15/h5-6,8H,4H2,1-3H3,(H,18,19). The van der Waals surface area contributed by atoms with Crippen LogP contribution < -0.4 is 0 Å². The lowest BCUT2D eigenvalue weighted by atomic mass is 9.97. The molecule has 0 amide bonds. The first kappa shape index (κ1) is 11.7. The van der Waals surface area contributed by atoms with Gasteiger partial charge in [-0.15, -0.1) is 0 Å². The molecule has 0 radical (unpaired) electrons. The van der Waals surface area contributed by atoms with Gasteiger partial charge >= 0.3 is 0 Å². The molecule has 0 saturated carbocycles. The number of rotatable bonds is 1. The molecule has 0 spiro atoms. The van der Waals surface area contributed by atoms with Crippen LogP contribution in [0.15, 0.2) is 18.3 Å². The molecular weight excluding hydrogens is 234 g/mol. The molecule has 1 N–H and O–H groups in total. The molecule has 0 saturated heterocycles. The van der Waals surface area contributed by atoms with Crippen molar-refractivity contribution in [2.75, 3.05) is 0 Å². The molecule has 3 rings (SSSR count). The molecule has 94 valence electrons. The van der Waals surface area contributed by atoms with Gasteiger partial charge in [-0.1, -0.05) is 6.92 Å². The van der Waals surface area contributed by atoms with E-state index < -0.39 is 0 Å². The first-order chi connectivity index (χ1) is 9.15. The summed E-state index contributed by atoms with van der Waals surface area (Å²) in [6, 6.07) is 6.44. The van der Waals surface area contributed by atoms with Crippen molar-refractivity contribution >= 4 is 21.9 Å². The van der Waals surface area contributed by atoms with Crippen molar-refractivity contribution in [3.8, 4) is 6.07 Å². The van der Waals surface area contributed by atoms with Crippen LogP contribution in [0.5, 0.6) is 0 Å². The zero-order valence-electron chi connectivity index (χ0n) is 11.3. The Bertz CT molecular complexity index is 835. The third-order valence-corrected chi connectivity index (χ3v) is 3.71. The van der Waals surface area contributed by atoms with Crippen molar-refractivity contribution in [3.63, 3.8) is 0 Å². The van der Waals surface area contributed by atoms with Crippen LogP contribution in [0.1, 0.15) is 29.2 Å². The van der Waals surface area contributed by atoms with E-state index in [2.05, 4.69) is 29.0 Å². The highest BCUT2D eigenvalue weighted by Crippen LogP contribution is 2.32. The molecule has 3 aromatic rings. The fourth-order valence-corrected chi connectivity index (χ4v) is 2.67. The first-order valence-electron chi connectivity index (χ1n) is 6.46. The predicted octanol–water partition coefficient (Wildman–Crippen LogP) is 3.77. The number of nitrogens with one attached hydrogen (secondary N) is 1. The van der Waals surface area contributed by atoms with Gasteiger partial charge in [-0.3, -0.25) is 0 Å². The smallest absolute Gasteiger partial charge is 0.138 e. The zero-order valence-corrected chi connectivity index (χ0v) is 11.3. The molecule has 2 aromatic heterocycles. The Hall–Kier alpha value is -2.34. The average molecular weight is 249 g/mol. The largest absolute Gasteiger partial charge is 0.339 e. The van der Waals surface area contributed by atoms with Gasteiger partial charge in [-0.25, -0.2) is 4.98 Å². The Kier molecular flexibility index (Phi) is 2.53. The maximum absolute atomic E-state index is 9.24. The van der Waals surface area contributed by atoms with Crippen LogP contribution in [-0.2, 0) is 6.42 Å². The van der Waals surface area contributed by atoms with Gasteiger partial charge in [0.05, 0.1) is 17.1 Å². The van der Waals surface area contributed by atoms with Crippen molar-refractivity contribution in [3.05, 3.63) is 40.6 Å². The van der Waals surface area contributed by atoms with E-state index in [0.29, 0.717) is 0 Å². The number of hydrogen-bond acceptors (Lipinski definition) is 2. The summed E-state index contributed by atoms with van der Waals surface area (Å²) in [6.07, 6.45) is 2.77. The van der Waals surface area contributed by atoms with Crippen molar-refractivity contribution in [1.82, 2.24) is 9.97 Å². The molecule has 0 aliphatic carbocycles. The van der Waals surface area contributed by atoms with E-state index in [9.17, 15) is 5.26 Å². The number of nitriles is 1. The lowest BCUT2D eigenvalue weighted by Gasteiger charge is -2.05. The van der Waals surface area contributed by atoms with Crippen LogP contribution in [0.2, 0.25) is 0 Å². The Morgan fingerprint density at radius 3 is 2.79 bits per heavy atom. The van der Waals surface area contributed by atoms with E-state index in [1.807, 2.05) is 26.1 Å². The third-order valence-electron chi connectivity index (χ3n) is 3.71. The number of H-pyrrole nitrogens is 1. The highest BCUT2D eigenvalue weighted by atomic mass is 14.8. The van der Waals surface area contributed by atoms with Gasteiger partial charge in [0.1, 0.15) is 5.65 Å². The van der Waals surface area contributed by atoms with E-state index in [1.54, 1.807) is 0 Å². The van der Waals surface area contributed by atoms with Gasteiger partial charge in [-0.2, -0.15) is 5.26 Å². The van der Waals surface area contributed by atoms with E-state index >= 15 is 0 Å². The molecule has 0 aliphatic rings. The summed E-state index contributed by atoms with van der Waals surface area (Å²) in [6.45, 7) is 6.16. The Morgan fingerprint density at radius 1 is 1.32 bits per heavy atom. The lowest BCUT2D eigenvalue weighted by molar-refractivity contribution is 1.15. The van der Waals surface area contributed by atoms with Crippen molar-refractivity contribution in [2.45, 2.75) is 27.2 Å². The number of aromatic amines is 1. The molecule has 0 fully saturated rings. The minimum atomic E-state index is 0.743. The quantitative estimate of drug-likeness (QED) is 0.713. The van der Waals surface area contributed by atoms with Crippen LogP contribution in [-0.4, -0.2) is 9.97 Å². The first-order valence-corrected chi connectivity index (χ1v) is 6.46. The molecule has 0 unspecified atom stereocenters. The number of aryl methyl sites for hydroxylation is 3. The van der Waals surface area contributed by atoms with E-state index in [4.69, 9.17) is 0 Å². The van der Waals surface area contributed by atoms with Gasteiger partial charge < -0.3 is 4.98 Å². The van der Waals surface area contributed by atoms with Gasteiger partial charge in [0.2, 0.25) is 0 Å². The van der Waals surface area contributed by atoms with Crippen LogP contribution in [0, 0.1) is 25.2 Å². The number of nitrogens with zero attached hydrogens (tertiary/aromatic N) is 2. The highest BCUT2D eigenvalue weighted by molar-refractivity contribution is 6.09. The topological polar surface area (TPSA) is 52.5 Å². The molecule has 3 nitrogen and oxygen atoms in total. The third kappa shape index (κ3) is 1.61. The van der Waals surface area contributed by atoms with Crippen molar-refractivity contribution in [1.29, 1.82) is 5.26 Å². The summed E-state index contributed by atoms with van der Waals surface area (Å²) >= 11 is 0. The van der Waals surface area contributed by atoms with Crippen molar-refractivity contribution < 1.29 is 0 Å². The van der Waals surface area contributed by atoms with Crippen LogP contribution >= 0.6 is 0 Å². The molecule has 19 heavy (non-hydrogen) atoms. The van der Waals surface area contributed by atoms with Crippen LogP contribution in [0.3, 0.4) is 0 Å². The summed E-state index contributed by atoms with van der Waals surface area (Å²) < 4.78 is 0. The second kappa shape index (κ2) is 4.10. The minimum Gasteiger partial charge on any atom is -0.339 e. The number of aromatic nitrogens is 2. The number of fused-ring (bicyclic) bond motifs is 3. The maximum Gasteiger partial charge on any atom is 0.138 e. The number of hydrogen-bond donors (Lipinski definition) is 1. The fraction of sp³-hybridized carbons (Fsp3) is 0.250. The van der Waals surface area contributed by atoms with E-state index in [-0.39, 0.29) is 0 Å². The van der Waals surface area contributed by atoms with Crippen LogP contribution in [0.4, 0.5) is 0 Å². The highest BCUT2D eigenvalue weighted by Gasteiger charge is 2.14. The summed E-state index contributed by atoms with van der Waals surface area (Å²) in [5.74, 6) is 0. The molecular formula is C16H15N3. The second-order valence-electron chi connectivity index (χ2n) is 4.96. The molecule has 2 heterocycles. The molecule has 0 atom stereocenters. The molecule has 1 aromatic carbocycles. The zero-order chi connectivity index (χ0) is 13.6. The predicted molar refractivity (Wildman–Crippen MR) is 77.2 cm³/mol. The molecule has 0 bridgehead atoms. The molecule has 0 aliphatic heterocycles. The SMILES string of the molecule is CCc1cc(C#N)c(C)c2[nH]c3ncc(C)cc3c12. The lowest BCUT2D eigenvalue weighted by Crippen LogP contribution is -1.90. The minimum absolute atomic E-state index is 0.743. The molecule has 3 heteroatoms. The Labute approximate surface area is 111 Å². The summed E-state index contributed by atoms with van der Waals surface area (Å²) in [5.41, 5.74) is 6.05. The van der Waals surface area contributed by atoms with Gasteiger partial charge in [0.25, 0.3) is 0 Å². The fourth-order valence-electron chi connectivity index (χ4n) is 2.67. The van der Waals surface area contributed by atoms with E-state index in [0.717, 1.165) is 39.7 Å². The van der Waals surface area contributed by atoms with Crippen molar-refractivity contribution in [2.24, 2.45) is 0 Å². The summed E-state index contributed by atoms with van der Waals surface area (Å²) in [4.78, 5) is 7.81. The normalized spacial score (nSPS) is 11.1. The van der Waals surface area contributed by atoms with Gasteiger partial charge in [0, 0.05) is 17.0 Å². The number of benzene rings is 1. The van der Waals surface area contributed by atoms with Gasteiger partial charge in [0.15, 0.2) is 0 Å². The monoisotopic (exact) mass is 249 g/mol. The van der Waals surface area contributed by atoms with Crippen LogP contribution in [0.25, 0.3) is 21.9 Å². The Balaban J connectivity index is 2.58.